The molecular formula is C18H26N2O2S. The van der Waals surface area contributed by atoms with Crippen molar-refractivity contribution in [2.75, 3.05) is 25.0 Å². The monoisotopic (exact) mass is 334 g/mol. The second-order valence-corrected chi connectivity index (χ2v) is 6.63. The maximum atomic E-state index is 11.9. The van der Waals surface area contributed by atoms with E-state index < -0.39 is 0 Å². The number of benzene rings is 1. The molecule has 1 aliphatic rings. The number of carbonyl (C=O) groups is 1. The highest BCUT2D eigenvalue weighted by molar-refractivity contribution is 7.80. The van der Waals surface area contributed by atoms with Crippen molar-refractivity contribution in [3.63, 3.8) is 0 Å². The van der Waals surface area contributed by atoms with Gasteiger partial charge in [-0.25, -0.2) is 0 Å². The first kappa shape index (κ1) is 17.7. The van der Waals surface area contributed by atoms with Crippen LogP contribution in [0.3, 0.4) is 0 Å². The van der Waals surface area contributed by atoms with Crippen molar-refractivity contribution in [3.05, 3.63) is 29.8 Å². The summed E-state index contributed by atoms with van der Waals surface area (Å²) in [6, 6.07) is 8.34. The van der Waals surface area contributed by atoms with Crippen LogP contribution in [0.5, 0.6) is 0 Å². The number of hydrogen-bond donors (Lipinski definition) is 1. The standard InChI is InChI=1S/C18H26N2O2S/c1-4-22-17(21)15-6-5-11-20(12-15)18(23)19-16-9-7-14(8-10-16)13(2)3/h7-10,13,15H,4-6,11-12H2,1-3H3,(H,19,23). The maximum absolute atomic E-state index is 11.9. The molecule has 1 aromatic carbocycles. The van der Waals surface area contributed by atoms with Crippen LogP contribution in [0.2, 0.25) is 0 Å². The van der Waals surface area contributed by atoms with Gasteiger partial charge in [-0.15, -0.1) is 0 Å². The summed E-state index contributed by atoms with van der Waals surface area (Å²) in [7, 11) is 0. The molecule has 1 saturated heterocycles. The zero-order valence-corrected chi connectivity index (χ0v) is 15.0. The quantitative estimate of drug-likeness (QED) is 0.670. The number of piperidine rings is 1. The lowest BCUT2D eigenvalue weighted by molar-refractivity contribution is -0.149. The van der Waals surface area contributed by atoms with Gasteiger partial charge in [0.1, 0.15) is 0 Å². The van der Waals surface area contributed by atoms with Crippen LogP contribution >= 0.6 is 12.2 Å². The number of rotatable bonds is 4. The summed E-state index contributed by atoms with van der Waals surface area (Å²) in [5.41, 5.74) is 2.29. The van der Waals surface area contributed by atoms with Gasteiger partial charge >= 0.3 is 5.97 Å². The molecule has 23 heavy (non-hydrogen) atoms. The molecule has 0 radical (unpaired) electrons. The minimum atomic E-state index is -0.110. The highest BCUT2D eigenvalue weighted by atomic mass is 32.1. The molecule has 1 aromatic rings. The van der Waals surface area contributed by atoms with E-state index in [1.807, 2.05) is 6.92 Å². The topological polar surface area (TPSA) is 41.6 Å². The first-order chi connectivity index (χ1) is 11.0. The van der Waals surface area contributed by atoms with Gasteiger partial charge in [0.15, 0.2) is 5.11 Å². The average Bonchev–Trinajstić information content (AvgIpc) is 2.55. The summed E-state index contributed by atoms with van der Waals surface area (Å²) < 4.78 is 5.13. The Bertz CT molecular complexity index is 542. The third-order valence-corrected chi connectivity index (χ3v) is 4.52. The van der Waals surface area contributed by atoms with E-state index in [2.05, 4.69) is 48.3 Å². The fourth-order valence-electron chi connectivity index (χ4n) is 2.77. The van der Waals surface area contributed by atoms with Gasteiger partial charge in [-0.2, -0.15) is 0 Å². The molecule has 0 saturated carbocycles. The van der Waals surface area contributed by atoms with Crippen LogP contribution in [0, 0.1) is 5.92 Å². The number of likely N-dealkylation sites (tertiary alicyclic amines) is 1. The number of esters is 1. The van der Waals surface area contributed by atoms with Gasteiger partial charge in [0.2, 0.25) is 0 Å². The largest absolute Gasteiger partial charge is 0.466 e. The Balaban J connectivity index is 1.93. The van der Waals surface area contributed by atoms with E-state index in [9.17, 15) is 4.79 Å². The van der Waals surface area contributed by atoms with Crippen molar-refractivity contribution in [2.24, 2.45) is 5.92 Å². The van der Waals surface area contributed by atoms with Crippen molar-refractivity contribution in [1.82, 2.24) is 4.90 Å². The van der Waals surface area contributed by atoms with E-state index >= 15 is 0 Å². The SMILES string of the molecule is CCOC(=O)C1CCCN(C(=S)Nc2ccc(C(C)C)cc2)C1. The van der Waals surface area contributed by atoms with Crippen LogP contribution in [0.1, 0.15) is 45.1 Å². The summed E-state index contributed by atoms with van der Waals surface area (Å²) in [6.07, 6.45) is 1.83. The lowest BCUT2D eigenvalue weighted by Crippen LogP contribution is -2.44. The number of hydrogen-bond acceptors (Lipinski definition) is 3. The molecule has 0 aromatic heterocycles. The van der Waals surface area contributed by atoms with Gasteiger partial charge < -0.3 is 15.0 Å². The lowest BCUT2D eigenvalue weighted by Gasteiger charge is -2.33. The van der Waals surface area contributed by atoms with Crippen LogP contribution in [0.15, 0.2) is 24.3 Å². The normalized spacial score (nSPS) is 17.9. The second kappa shape index (κ2) is 8.29. The molecule has 5 heteroatoms. The Labute approximate surface area is 144 Å². The first-order valence-electron chi connectivity index (χ1n) is 8.33. The van der Waals surface area contributed by atoms with E-state index in [4.69, 9.17) is 17.0 Å². The van der Waals surface area contributed by atoms with Crippen molar-refractivity contribution in [2.45, 2.75) is 39.5 Å². The van der Waals surface area contributed by atoms with Crippen molar-refractivity contribution < 1.29 is 9.53 Å². The van der Waals surface area contributed by atoms with Crippen LogP contribution in [-0.2, 0) is 9.53 Å². The lowest BCUT2D eigenvalue weighted by atomic mass is 9.98. The molecule has 1 aliphatic heterocycles. The molecule has 1 heterocycles. The van der Waals surface area contributed by atoms with E-state index in [1.54, 1.807) is 0 Å². The van der Waals surface area contributed by atoms with Gasteiger partial charge in [-0.05, 0) is 55.6 Å². The van der Waals surface area contributed by atoms with E-state index in [0.717, 1.165) is 25.1 Å². The summed E-state index contributed by atoms with van der Waals surface area (Å²) >= 11 is 5.51. The summed E-state index contributed by atoms with van der Waals surface area (Å²) in [6.45, 7) is 8.14. The molecule has 0 spiro atoms. The van der Waals surface area contributed by atoms with Crippen molar-refractivity contribution in [1.29, 1.82) is 0 Å². The number of thiocarbonyl (C=S) groups is 1. The molecule has 4 nitrogen and oxygen atoms in total. The Morgan fingerprint density at radius 2 is 2.09 bits per heavy atom. The zero-order valence-electron chi connectivity index (χ0n) is 14.2. The average molecular weight is 334 g/mol. The molecule has 1 fully saturated rings. The van der Waals surface area contributed by atoms with Crippen LogP contribution < -0.4 is 5.32 Å². The van der Waals surface area contributed by atoms with Gasteiger partial charge in [0.25, 0.3) is 0 Å². The van der Waals surface area contributed by atoms with Crippen LogP contribution in [0.4, 0.5) is 5.69 Å². The number of anilines is 1. The third-order valence-electron chi connectivity index (χ3n) is 4.16. The molecule has 126 valence electrons. The van der Waals surface area contributed by atoms with Gasteiger partial charge in [-0.3, -0.25) is 4.79 Å². The highest BCUT2D eigenvalue weighted by Gasteiger charge is 2.28. The van der Waals surface area contributed by atoms with E-state index in [-0.39, 0.29) is 11.9 Å². The first-order valence-corrected chi connectivity index (χ1v) is 8.74. The Hall–Kier alpha value is -1.62. The predicted molar refractivity (Wildman–Crippen MR) is 97.7 cm³/mol. The predicted octanol–water partition coefficient (Wildman–Crippen LogP) is 3.78. The number of nitrogens with zero attached hydrogens (tertiary/aromatic N) is 1. The molecular weight excluding hydrogens is 308 g/mol. The Kier molecular flexibility index (Phi) is 6.39. The molecule has 1 unspecified atom stereocenters. The smallest absolute Gasteiger partial charge is 0.310 e. The summed E-state index contributed by atoms with van der Waals surface area (Å²) in [5.74, 6) is 0.330. The second-order valence-electron chi connectivity index (χ2n) is 6.24. The summed E-state index contributed by atoms with van der Waals surface area (Å²) in [5, 5.41) is 3.95. The van der Waals surface area contributed by atoms with Crippen molar-refractivity contribution in [3.8, 4) is 0 Å². The fraction of sp³-hybridized carbons (Fsp3) is 0.556. The minimum Gasteiger partial charge on any atom is -0.466 e. The van der Waals surface area contributed by atoms with Gasteiger partial charge in [0.05, 0.1) is 12.5 Å². The number of carbonyl (C=O) groups excluding carboxylic acids is 1. The van der Waals surface area contributed by atoms with Crippen LogP contribution in [0.25, 0.3) is 0 Å². The third kappa shape index (κ3) is 4.93. The zero-order chi connectivity index (χ0) is 16.8. The highest BCUT2D eigenvalue weighted by Crippen LogP contribution is 2.20. The summed E-state index contributed by atoms with van der Waals surface area (Å²) in [4.78, 5) is 14.0. The van der Waals surface area contributed by atoms with Crippen LogP contribution in [-0.4, -0.2) is 35.7 Å². The van der Waals surface area contributed by atoms with E-state index in [0.29, 0.717) is 24.2 Å². The molecule has 1 atom stereocenters. The minimum absolute atomic E-state index is 0.0771. The van der Waals surface area contributed by atoms with E-state index in [1.165, 1.54) is 5.56 Å². The molecule has 2 rings (SSSR count). The molecule has 1 N–H and O–H groups in total. The number of ether oxygens (including phenoxy) is 1. The molecule has 0 bridgehead atoms. The molecule has 0 aliphatic carbocycles. The number of nitrogens with one attached hydrogen (secondary N) is 1. The van der Waals surface area contributed by atoms with Crippen molar-refractivity contribution >= 4 is 29.0 Å². The molecule has 0 amide bonds. The Morgan fingerprint density at radius 3 is 2.70 bits per heavy atom. The Morgan fingerprint density at radius 1 is 1.39 bits per heavy atom. The van der Waals surface area contributed by atoms with Gasteiger partial charge in [-0.1, -0.05) is 26.0 Å². The van der Waals surface area contributed by atoms with Gasteiger partial charge in [0, 0.05) is 18.8 Å². The fourth-order valence-corrected chi connectivity index (χ4v) is 3.05. The maximum Gasteiger partial charge on any atom is 0.310 e.